The van der Waals surface area contributed by atoms with Gasteiger partial charge in [0.1, 0.15) is 11.5 Å². The van der Waals surface area contributed by atoms with Gasteiger partial charge in [-0.25, -0.2) is 4.90 Å². The first-order chi connectivity index (χ1) is 16.2. The Morgan fingerprint density at radius 3 is 1.91 bits per heavy atom. The van der Waals surface area contributed by atoms with Crippen LogP contribution < -0.4 is 14.4 Å². The maximum atomic E-state index is 12.6. The lowest BCUT2D eigenvalue weighted by Crippen LogP contribution is -2.29. The van der Waals surface area contributed by atoms with Crippen molar-refractivity contribution < 1.29 is 23.9 Å². The molecule has 0 spiro atoms. The van der Waals surface area contributed by atoms with Crippen molar-refractivity contribution >= 4 is 23.5 Å². The van der Waals surface area contributed by atoms with Crippen LogP contribution in [0.5, 0.6) is 11.5 Å². The number of amides is 2. The molecular weight excluding hydrogens is 430 g/mol. The maximum absolute atomic E-state index is 12.6. The number of benzene rings is 3. The fourth-order valence-electron chi connectivity index (χ4n) is 3.73. The van der Waals surface area contributed by atoms with Gasteiger partial charge in [-0.05, 0) is 65.9 Å². The van der Waals surface area contributed by atoms with Gasteiger partial charge < -0.3 is 9.47 Å². The van der Waals surface area contributed by atoms with Gasteiger partial charge >= 0.3 is 5.97 Å². The van der Waals surface area contributed by atoms with E-state index in [0.717, 1.165) is 10.6 Å². The molecule has 6 nitrogen and oxygen atoms in total. The van der Waals surface area contributed by atoms with Crippen LogP contribution in [0.15, 0.2) is 72.8 Å². The summed E-state index contributed by atoms with van der Waals surface area (Å²) >= 11 is 0. The van der Waals surface area contributed by atoms with Gasteiger partial charge in [0, 0.05) is 6.42 Å². The highest BCUT2D eigenvalue weighted by Crippen LogP contribution is 2.29. The first-order valence-corrected chi connectivity index (χ1v) is 11.3. The van der Waals surface area contributed by atoms with Gasteiger partial charge in [-0.1, -0.05) is 45.0 Å². The van der Waals surface area contributed by atoms with Gasteiger partial charge in [0.05, 0.1) is 23.4 Å². The highest BCUT2D eigenvalue weighted by molar-refractivity contribution is 6.34. The van der Waals surface area contributed by atoms with Crippen molar-refractivity contribution in [3.63, 3.8) is 0 Å². The smallest absolute Gasteiger partial charge is 0.311 e. The number of hydrogen-bond donors (Lipinski definition) is 0. The Kier molecular flexibility index (Phi) is 6.50. The maximum Gasteiger partial charge on any atom is 0.311 e. The fourth-order valence-corrected chi connectivity index (χ4v) is 3.73. The molecule has 0 bridgehead atoms. The van der Waals surface area contributed by atoms with Crippen molar-refractivity contribution in [2.75, 3.05) is 11.5 Å². The van der Waals surface area contributed by atoms with Gasteiger partial charge in [-0.2, -0.15) is 0 Å². The van der Waals surface area contributed by atoms with E-state index in [1.165, 1.54) is 5.56 Å². The third-order valence-electron chi connectivity index (χ3n) is 5.63. The van der Waals surface area contributed by atoms with Gasteiger partial charge in [-0.3, -0.25) is 14.4 Å². The van der Waals surface area contributed by atoms with Gasteiger partial charge in [0.25, 0.3) is 11.8 Å². The topological polar surface area (TPSA) is 72.9 Å². The Labute approximate surface area is 199 Å². The van der Waals surface area contributed by atoms with Crippen LogP contribution in [0, 0.1) is 0 Å². The predicted molar refractivity (Wildman–Crippen MR) is 130 cm³/mol. The number of nitrogens with zero attached hydrogens (tertiary/aromatic N) is 1. The molecule has 0 atom stereocenters. The SMILES string of the molecule is CC(C)(C)c1ccc(OCCCC(=O)Oc2ccc(N3C(=O)c4ccccc4C3=O)cc2)cc1. The standard InChI is InChI=1S/C28H27NO5/c1-28(2,3)19-10-14-21(15-11-19)33-18-6-9-25(30)34-22-16-12-20(13-17-22)29-26(31)23-7-4-5-8-24(23)27(29)32/h4-5,7-8,10-17H,6,9,18H2,1-3H3. The summed E-state index contributed by atoms with van der Waals surface area (Å²) in [5, 5.41) is 0. The Morgan fingerprint density at radius 1 is 0.794 bits per heavy atom. The predicted octanol–water partition coefficient (Wildman–Crippen LogP) is 5.55. The second-order valence-electron chi connectivity index (χ2n) is 9.19. The summed E-state index contributed by atoms with van der Waals surface area (Å²) in [6.07, 6.45) is 0.729. The zero-order valence-electron chi connectivity index (χ0n) is 19.5. The molecule has 0 fully saturated rings. The van der Waals surface area contributed by atoms with Crippen molar-refractivity contribution in [3.8, 4) is 11.5 Å². The number of esters is 1. The molecule has 0 saturated heterocycles. The van der Waals surface area contributed by atoms with E-state index >= 15 is 0 Å². The summed E-state index contributed by atoms with van der Waals surface area (Å²) in [7, 11) is 0. The summed E-state index contributed by atoms with van der Waals surface area (Å²) in [5.41, 5.74) is 2.52. The summed E-state index contributed by atoms with van der Waals surface area (Å²) in [6.45, 7) is 6.88. The minimum Gasteiger partial charge on any atom is -0.494 e. The van der Waals surface area contributed by atoms with Crippen LogP contribution in [-0.4, -0.2) is 24.4 Å². The van der Waals surface area contributed by atoms with Crippen LogP contribution in [0.3, 0.4) is 0 Å². The average Bonchev–Trinajstić information content (AvgIpc) is 3.07. The molecule has 0 radical (unpaired) electrons. The molecule has 1 aliphatic heterocycles. The van der Waals surface area contributed by atoms with Crippen LogP contribution in [0.2, 0.25) is 0 Å². The molecule has 3 aromatic carbocycles. The van der Waals surface area contributed by atoms with E-state index in [-0.39, 0.29) is 29.6 Å². The van der Waals surface area contributed by atoms with Crippen molar-refractivity contribution in [3.05, 3.63) is 89.5 Å². The van der Waals surface area contributed by atoms with E-state index in [4.69, 9.17) is 9.47 Å². The van der Waals surface area contributed by atoms with E-state index in [0.29, 0.717) is 35.6 Å². The molecular formula is C28H27NO5. The van der Waals surface area contributed by atoms with E-state index in [2.05, 4.69) is 32.9 Å². The number of imide groups is 1. The lowest BCUT2D eigenvalue weighted by atomic mass is 9.87. The lowest BCUT2D eigenvalue weighted by Gasteiger charge is -2.19. The van der Waals surface area contributed by atoms with Crippen molar-refractivity contribution in [2.45, 2.75) is 39.0 Å². The van der Waals surface area contributed by atoms with Crippen LogP contribution in [0.4, 0.5) is 5.69 Å². The molecule has 0 saturated carbocycles. The first kappa shape index (κ1) is 23.2. The largest absolute Gasteiger partial charge is 0.494 e. The highest BCUT2D eigenvalue weighted by atomic mass is 16.5. The van der Waals surface area contributed by atoms with Crippen molar-refractivity contribution in [2.24, 2.45) is 0 Å². The Bertz CT molecular complexity index is 1170. The van der Waals surface area contributed by atoms with Gasteiger partial charge in [0.2, 0.25) is 0 Å². The molecule has 1 aliphatic rings. The van der Waals surface area contributed by atoms with Gasteiger partial charge in [-0.15, -0.1) is 0 Å². The molecule has 174 valence electrons. The first-order valence-electron chi connectivity index (χ1n) is 11.3. The summed E-state index contributed by atoms with van der Waals surface area (Å²) < 4.78 is 11.1. The molecule has 0 aliphatic carbocycles. The van der Waals surface area contributed by atoms with Crippen LogP contribution in [-0.2, 0) is 10.2 Å². The minimum atomic E-state index is -0.375. The van der Waals surface area contributed by atoms with Crippen molar-refractivity contribution in [1.82, 2.24) is 0 Å². The van der Waals surface area contributed by atoms with E-state index < -0.39 is 0 Å². The molecule has 3 aromatic rings. The summed E-state index contributed by atoms with van der Waals surface area (Å²) in [5.74, 6) is 0.0195. The Balaban J connectivity index is 1.25. The number of carbonyl (C=O) groups excluding carboxylic acids is 3. The Hall–Kier alpha value is -3.93. The number of carbonyl (C=O) groups is 3. The minimum absolute atomic E-state index is 0.0883. The van der Waals surface area contributed by atoms with E-state index in [1.807, 2.05) is 12.1 Å². The van der Waals surface area contributed by atoms with Gasteiger partial charge in [0.15, 0.2) is 0 Å². The second-order valence-corrected chi connectivity index (χ2v) is 9.19. The summed E-state index contributed by atoms with van der Waals surface area (Å²) in [4.78, 5) is 38.5. The third kappa shape index (κ3) is 5.01. The normalized spacial score (nSPS) is 13.1. The quantitative estimate of drug-likeness (QED) is 0.201. The van der Waals surface area contributed by atoms with E-state index in [9.17, 15) is 14.4 Å². The molecule has 34 heavy (non-hydrogen) atoms. The average molecular weight is 458 g/mol. The number of hydrogen-bond acceptors (Lipinski definition) is 5. The molecule has 2 amide bonds. The van der Waals surface area contributed by atoms with Crippen molar-refractivity contribution in [1.29, 1.82) is 0 Å². The number of fused-ring (bicyclic) bond motifs is 1. The molecule has 0 unspecified atom stereocenters. The zero-order chi connectivity index (χ0) is 24.3. The molecule has 4 rings (SSSR count). The summed E-state index contributed by atoms with van der Waals surface area (Å²) in [6, 6.07) is 21.0. The zero-order valence-corrected chi connectivity index (χ0v) is 19.5. The number of anilines is 1. The molecule has 6 heteroatoms. The second kappa shape index (κ2) is 9.51. The fraction of sp³-hybridized carbons (Fsp3) is 0.250. The Morgan fingerprint density at radius 2 is 1.35 bits per heavy atom. The van der Waals surface area contributed by atoms with Crippen LogP contribution in [0.25, 0.3) is 0 Å². The molecule has 1 heterocycles. The number of rotatable bonds is 7. The third-order valence-corrected chi connectivity index (χ3v) is 5.63. The number of ether oxygens (including phenoxy) is 2. The lowest BCUT2D eigenvalue weighted by molar-refractivity contribution is -0.134. The van der Waals surface area contributed by atoms with Crippen LogP contribution in [0.1, 0.15) is 59.9 Å². The van der Waals surface area contributed by atoms with Crippen LogP contribution >= 0.6 is 0 Å². The highest BCUT2D eigenvalue weighted by Gasteiger charge is 2.36. The van der Waals surface area contributed by atoms with E-state index in [1.54, 1.807) is 48.5 Å². The molecule has 0 N–H and O–H groups in total. The monoisotopic (exact) mass is 457 g/mol. The molecule has 0 aromatic heterocycles.